The van der Waals surface area contributed by atoms with Crippen LogP contribution in [0.1, 0.15) is 35.4 Å². The summed E-state index contributed by atoms with van der Waals surface area (Å²) in [6, 6.07) is 14.9. The number of pyridine rings is 1. The first-order valence-electron chi connectivity index (χ1n) is 12.3. The monoisotopic (exact) mass is 621 g/mol. The molecule has 40 heavy (non-hydrogen) atoms. The normalized spacial score (nSPS) is 14.0. The molecule has 5 rings (SSSR count). The van der Waals surface area contributed by atoms with Gasteiger partial charge in [-0.2, -0.15) is 8.42 Å². The van der Waals surface area contributed by atoms with Crippen molar-refractivity contribution >= 4 is 51.6 Å². The van der Waals surface area contributed by atoms with Gasteiger partial charge in [0.25, 0.3) is 16.0 Å². The number of hydrogen-bond acceptors (Lipinski definition) is 6. The van der Waals surface area contributed by atoms with Crippen LogP contribution in [0.15, 0.2) is 65.7 Å². The van der Waals surface area contributed by atoms with Crippen LogP contribution in [-0.2, 0) is 10.1 Å². The summed E-state index contributed by atoms with van der Waals surface area (Å²) in [5.41, 5.74) is 4.36. The van der Waals surface area contributed by atoms with Crippen molar-refractivity contribution in [2.45, 2.75) is 31.1 Å². The van der Waals surface area contributed by atoms with Gasteiger partial charge in [-0.1, -0.05) is 60.0 Å². The Bertz CT molecular complexity index is 1660. The van der Waals surface area contributed by atoms with Crippen LogP contribution in [0.2, 0.25) is 10.0 Å². The Morgan fingerprint density at radius 3 is 2.38 bits per heavy atom. The topological polar surface area (TPSA) is 117 Å². The van der Waals surface area contributed by atoms with Crippen molar-refractivity contribution in [3.05, 3.63) is 82.2 Å². The van der Waals surface area contributed by atoms with Gasteiger partial charge in [-0.05, 0) is 44.0 Å². The van der Waals surface area contributed by atoms with Gasteiger partial charge in [0.2, 0.25) is 0 Å². The predicted octanol–water partition coefficient (Wildman–Crippen LogP) is 6.02. The van der Waals surface area contributed by atoms with Gasteiger partial charge in [0.1, 0.15) is 10.7 Å². The van der Waals surface area contributed by atoms with E-state index in [-0.39, 0.29) is 40.3 Å². The fourth-order valence-corrected chi connectivity index (χ4v) is 6.07. The van der Waals surface area contributed by atoms with Crippen LogP contribution >= 0.6 is 35.6 Å². The summed E-state index contributed by atoms with van der Waals surface area (Å²) in [4.78, 5) is 21.9. The average molecular weight is 623 g/mol. The van der Waals surface area contributed by atoms with Crippen LogP contribution in [0.3, 0.4) is 0 Å². The van der Waals surface area contributed by atoms with Crippen molar-refractivity contribution in [2.24, 2.45) is 0 Å². The lowest BCUT2D eigenvalue weighted by molar-refractivity contribution is 0.0744. The van der Waals surface area contributed by atoms with E-state index in [9.17, 15) is 17.8 Å². The summed E-state index contributed by atoms with van der Waals surface area (Å²) in [5.74, 6) is -0.238. The maximum Gasteiger partial charge on any atom is 0.298 e. The maximum atomic E-state index is 13.4. The summed E-state index contributed by atoms with van der Waals surface area (Å²) < 4.78 is 37.6. The first-order valence-corrected chi connectivity index (χ1v) is 14.5. The number of nitrogens with one attached hydrogen (secondary N) is 1. The quantitative estimate of drug-likeness (QED) is 0.253. The first-order chi connectivity index (χ1) is 18.6. The number of nitrogens with zero attached hydrogens (tertiary/aromatic N) is 4. The number of piperidine rings is 1. The van der Waals surface area contributed by atoms with Gasteiger partial charge >= 0.3 is 0 Å². The van der Waals surface area contributed by atoms with E-state index in [0.29, 0.717) is 21.8 Å². The average Bonchev–Trinajstić information content (AvgIpc) is 3.25. The number of imidazole rings is 1. The molecule has 1 aliphatic rings. The van der Waals surface area contributed by atoms with Crippen LogP contribution < -0.4 is 5.43 Å². The fraction of sp³-hybridized carbons (Fsp3) is 0.222. The van der Waals surface area contributed by atoms with Crippen molar-refractivity contribution in [3.8, 4) is 28.3 Å². The van der Waals surface area contributed by atoms with E-state index in [1.165, 1.54) is 22.9 Å². The zero-order chi connectivity index (χ0) is 27.7. The maximum absolute atomic E-state index is 13.4. The van der Waals surface area contributed by atoms with Crippen molar-refractivity contribution in [3.63, 3.8) is 0 Å². The summed E-state index contributed by atoms with van der Waals surface area (Å²) in [7, 11) is -4.80. The third-order valence-corrected chi connectivity index (χ3v) is 8.01. The van der Waals surface area contributed by atoms with Crippen molar-refractivity contribution < 1.29 is 17.8 Å². The largest absolute Gasteiger partial charge is 0.298 e. The molecule has 2 N–H and O–H groups in total. The molecule has 0 atom stereocenters. The predicted molar refractivity (Wildman–Crippen MR) is 157 cm³/mol. The summed E-state index contributed by atoms with van der Waals surface area (Å²) >= 11 is 12.7. The summed E-state index contributed by atoms with van der Waals surface area (Å²) in [5, 5.41) is 2.50. The lowest BCUT2D eigenvalue weighted by Crippen LogP contribution is -2.45. The minimum absolute atomic E-state index is 0. The van der Waals surface area contributed by atoms with Crippen LogP contribution in [0.25, 0.3) is 28.3 Å². The van der Waals surface area contributed by atoms with Crippen LogP contribution in [0, 0.1) is 6.92 Å². The van der Waals surface area contributed by atoms with Gasteiger partial charge in [0.05, 0.1) is 22.1 Å². The molecule has 1 saturated heterocycles. The molecule has 0 aliphatic carbocycles. The third-order valence-electron chi connectivity index (χ3n) is 6.54. The third kappa shape index (κ3) is 6.02. The Hall–Kier alpha value is -2.99. The second kappa shape index (κ2) is 12.3. The zero-order valence-corrected chi connectivity index (χ0v) is 24.5. The number of rotatable bonds is 6. The molecule has 1 fully saturated rings. The Labute approximate surface area is 248 Å². The van der Waals surface area contributed by atoms with E-state index in [0.717, 1.165) is 32.4 Å². The van der Waals surface area contributed by atoms with Crippen LogP contribution in [0.4, 0.5) is 0 Å². The Morgan fingerprint density at radius 1 is 1.02 bits per heavy atom. The van der Waals surface area contributed by atoms with Gasteiger partial charge in [-0.25, -0.2) is 9.99 Å². The lowest BCUT2D eigenvalue weighted by Gasteiger charge is -2.26. The molecule has 4 aromatic rings. The number of aromatic nitrogens is 3. The smallest absolute Gasteiger partial charge is 0.295 e. The Kier molecular flexibility index (Phi) is 9.19. The van der Waals surface area contributed by atoms with Crippen LogP contribution in [0.5, 0.6) is 0 Å². The molecule has 0 bridgehead atoms. The molecule has 0 unspecified atom stereocenters. The number of benzene rings is 2. The highest BCUT2D eigenvalue weighted by atomic mass is 35.5. The molecule has 210 valence electrons. The SMILES string of the molecule is Cc1c(C(=O)NN2CCCCC2)nc(-c2ccc(Cl)cc2Cl)n1-c1ccnc(-c2ccccc2)c1S(=O)(=O)O.Cl. The highest BCUT2D eigenvalue weighted by Crippen LogP contribution is 2.37. The number of hydrazine groups is 1. The van der Waals surface area contributed by atoms with E-state index < -0.39 is 20.9 Å². The molecule has 0 saturated carbocycles. The Morgan fingerprint density at radius 2 is 1.73 bits per heavy atom. The van der Waals surface area contributed by atoms with Crippen molar-refractivity contribution in [2.75, 3.05) is 13.1 Å². The Balaban J connectivity index is 0.00000370. The minimum Gasteiger partial charge on any atom is -0.295 e. The molecule has 0 spiro atoms. The van der Waals surface area contributed by atoms with Gasteiger partial charge in [-0.15, -0.1) is 12.4 Å². The number of halogens is 3. The number of carbonyl (C=O) groups excluding carboxylic acids is 1. The molecular formula is C27H26Cl3N5O4S. The van der Waals surface area contributed by atoms with E-state index in [2.05, 4.69) is 15.4 Å². The second-order valence-corrected chi connectivity index (χ2v) is 11.4. The zero-order valence-electron chi connectivity index (χ0n) is 21.3. The summed E-state index contributed by atoms with van der Waals surface area (Å²) in [6.45, 7) is 3.10. The highest BCUT2D eigenvalue weighted by molar-refractivity contribution is 7.86. The molecule has 3 heterocycles. The summed E-state index contributed by atoms with van der Waals surface area (Å²) in [6.07, 6.45) is 4.47. The van der Waals surface area contributed by atoms with Crippen molar-refractivity contribution in [1.82, 2.24) is 25.0 Å². The van der Waals surface area contributed by atoms with Gasteiger partial charge in [0, 0.05) is 35.4 Å². The molecular weight excluding hydrogens is 597 g/mol. The molecule has 13 heteroatoms. The lowest BCUT2D eigenvalue weighted by atomic mass is 10.1. The number of amides is 1. The second-order valence-electron chi connectivity index (χ2n) is 9.17. The highest BCUT2D eigenvalue weighted by Gasteiger charge is 2.30. The molecule has 2 aromatic carbocycles. The van der Waals surface area contributed by atoms with E-state index >= 15 is 0 Å². The minimum atomic E-state index is -4.80. The van der Waals surface area contributed by atoms with E-state index in [1.807, 2.05) is 5.01 Å². The van der Waals surface area contributed by atoms with Gasteiger partial charge in [-0.3, -0.25) is 24.3 Å². The molecule has 1 aliphatic heterocycles. The molecule has 1 amide bonds. The molecule has 2 aromatic heterocycles. The van der Waals surface area contributed by atoms with Crippen molar-refractivity contribution in [1.29, 1.82) is 0 Å². The first kappa shape index (κ1) is 30.0. The van der Waals surface area contributed by atoms with Crippen LogP contribution in [-0.4, -0.2) is 51.5 Å². The number of carbonyl (C=O) groups is 1. The standard InChI is InChI=1S/C27H25Cl2N5O4S.ClH/c1-17-23(27(35)32-33-14-6-3-7-15-33)31-26(20-11-10-19(28)16-21(20)29)34(17)22-12-13-30-24(25(22)39(36,37)38)18-8-4-2-5-9-18;/h2,4-5,8-13,16H,3,6-7,14-15H2,1H3,(H,32,35)(H,36,37,38);1H. The van der Waals surface area contributed by atoms with E-state index in [4.69, 9.17) is 23.2 Å². The molecule has 0 radical (unpaired) electrons. The van der Waals surface area contributed by atoms with Gasteiger partial charge in [0.15, 0.2) is 5.69 Å². The van der Waals surface area contributed by atoms with Gasteiger partial charge < -0.3 is 0 Å². The fourth-order valence-electron chi connectivity index (χ4n) is 4.74. The number of hydrogen-bond donors (Lipinski definition) is 2. The van der Waals surface area contributed by atoms with E-state index in [1.54, 1.807) is 49.4 Å². The molecule has 9 nitrogen and oxygen atoms in total.